The van der Waals surface area contributed by atoms with Crippen molar-refractivity contribution < 1.29 is 5.11 Å². The van der Waals surface area contributed by atoms with Gasteiger partial charge in [-0.1, -0.05) is 25.1 Å². The van der Waals surface area contributed by atoms with Crippen LogP contribution in [0.2, 0.25) is 0 Å². The molecule has 2 bridgehead atoms. The first-order chi connectivity index (χ1) is 9.29. The minimum atomic E-state index is 0.316. The molecule has 0 amide bonds. The highest BCUT2D eigenvalue weighted by Gasteiger charge is 2.64. The third-order valence-electron chi connectivity index (χ3n) is 5.85. The minimum Gasteiger partial charge on any atom is -0.508 e. The molecule has 0 spiro atoms. The molecule has 4 rings (SSSR count). The Morgan fingerprint density at radius 2 is 1.89 bits per heavy atom. The van der Waals surface area contributed by atoms with Crippen molar-refractivity contribution in [2.24, 2.45) is 23.7 Å². The van der Waals surface area contributed by atoms with E-state index in [4.69, 9.17) is 0 Å². The van der Waals surface area contributed by atoms with Gasteiger partial charge in [0, 0.05) is 17.6 Å². The summed E-state index contributed by atoms with van der Waals surface area (Å²) in [5, 5.41) is 13.9. The van der Waals surface area contributed by atoms with Crippen molar-refractivity contribution in [3.8, 4) is 5.75 Å². The molecule has 102 valence electrons. The van der Waals surface area contributed by atoms with Crippen LogP contribution in [-0.4, -0.2) is 11.1 Å². The molecule has 5 atom stereocenters. The van der Waals surface area contributed by atoms with Crippen LogP contribution in [0.1, 0.15) is 44.2 Å². The van der Waals surface area contributed by atoms with Crippen LogP contribution in [0.5, 0.6) is 5.75 Å². The van der Waals surface area contributed by atoms with Crippen molar-refractivity contribution in [2.75, 3.05) is 0 Å². The number of rotatable bonds is 4. The number of hydrogen-bond acceptors (Lipinski definition) is 2. The molecule has 1 aromatic carbocycles. The van der Waals surface area contributed by atoms with Gasteiger partial charge in [-0.3, -0.25) is 0 Å². The molecule has 2 N–H and O–H groups in total. The Morgan fingerprint density at radius 3 is 2.53 bits per heavy atom. The van der Waals surface area contributed by atoms with Gasteiger partial charge < -0.3 is 10.4 Å². The van der Waals surface area contributed by atoms with Crippen LogP contribution in [0, 0.1) is 23.7 Å². The number of fused-ring (bicyclic) bond motifs is 5. The van der Waals surface area contributed by atoms with Crippen LogP contribution in [0.15, 0.2) is 24.3 Å². The summed E-state index contributed by atoms with van der Waals surface area (Å²) in [5.74, 6) is 4.37. The molecule has 2 heteroatoms. The molecule has 2 nitrogen and oxygen atoms in total. The van der Waals surface area contributed by atoms with Gasteiger partial charge >= 0.3 is 0 Å². The summed E-state index contributed by atoms with van der Waals surface area (Å²) in [5.41, 5.74) is 1.07. The van der Waals surface area contributed by atoms with E-state index < -0.39 is 0 Å². The smallest absolute Gasteiger partial charge is 0.120 e. The maximum absolute atomic E-state index is 10.0. The van der Waals surface area contributed by atoms with Gasteiger partial charge in [0.2, 0.25) is 0 Å². The Balaban J connectivity index is 1.49. The number of aromatic hydroxyl groups is 1. The Labute approximate surface area is 115 Å². The lowest BCUT2D eigenvalue weighted by atomic mass is 10.0. The Morgan fingerprint density at radius 1 is 1.21 bits per heavy atom. The molecule has 0 heterocycles. The van der Waals surface area contributed by atoms with Gasteiger partial charge in [-0.2, -0.15) is 0 Å². The lowest BCUT2D eigenvalue weighted by molar-refractivity contribution is 0.400. The fourth-order valence-electron chi connectivity index (χ4n) is 4.99. The molecule has 3 aliphatic rings. The molecule has 3 saturated carbocycles. The van der Waals surface area contributed by atoms with E-state index >= 15 is 0 Å². The van der Waals surface area contributed by atoms with Gasteiger partial charge in [-0.05, 0) is 55.4 Å². The molecular weight excluding hydrogens is 234 g/mol. The number of hydrogen-bond donors (Lipinski definition) is 2. The number of phenolic OH excluding ortho intramolecular Hbond substituents is 1. The molecule has 5 unspecified atom stereocenters. The van der Waals surface area contributed by atoms with E-state index in [9.17, 15) is 5.11 Å². The van der Waals surface area contributed by atoms with Crippen molar-refractivity contribution >= 4 is 0 Å². The van der Waals surface area contributed by atoms with Gasteiger partial charge in [0.05, 0.1) is 0 Å². The number of benzene rings is 1. The summed E-state index contributed by atoms with van der Waals surface area (Å²) < 4.78 is 0. The first-order valence-electron chi connectivity index (χ1n) is 7.83. The summed E-state index contributed by atoms with van der Waals surface area (Å²) in [7, 11) is 0. The van der Waals surface area contributed by atoms with E-state index in [1.165, 1.54) is 19.3 Å². The van der Waals surface area contributed by atoms with Gasteiger partial charge in [0.25, 0.3) is 0 Å². The normalized spacial score (nSPS) is 40.2. The molecule has 0 aliphatic heterocycles. The van der Waals surface area contributed by atoms with E-state index in [-0.39, 0.29) is 0 Å². The van der Waals surface area contributed by atoms with E-state index in [1.807, 2.05) is 12.1 Å². The van der Waals surface area contributed by atoms with Gasteiger partial charge in [-0.25, -0.2) is 0 Å². The van der Waals surface area contributed by atoms with E-state index in [1.54, 1.807) is 6.07 Å². The second-order valence-corrected chi connectivity index (χ2v) is 6.70. The van der Waals surface area contributed by atoms with Crippen LogP contribution in [-0.2, 0) is 0 Å². The van der Waals surface area contributed by atoms with Gasteiger partial charge in [0.1, 0.15) is 5.75 Å². The van der Waals surface area contributed by atoms with Crippen LogP contribution < -0.4 is 5.32 Å². The molecule has 19 heavy (non-hydrogen) atoms. The zero-order valence-corrected chi connectivity index (χ0v) is 11.5. The average molecular weight is 257 g/mol. The van der Waals surface area contributed by atoms with E-state index in [2.05, 4.69) is 18.3 Å². The predicted molar refractivity (Wildman–Crippen MR) is 75.9 cm³/mol. The lowest BCUT2D eigenvalue weighted by Crippen LogP contribution is -2.27. The van der Waals surface area contributed by atoms with Crippen molar-refractivity contribution in [3.63, 3.8) is 0 Å². The molecule has 0 aromatic heterocycles. The Bertz CT molecular complexity index is 470. The zero-order valence-electron chi connectivity index (χ0n) is 11.5. The summed E-state index contributed by atoms with van der Waals surface area (Å²) in [6.45, 7) is 2.21. The second kappa shape index (κ2) is 4.24. The monoisotopic (exact) mass is 257 g/mol. The highest BCUT2D eigenvalue weighted by atomic mass is 16.3. The average Bonchev–Trinajstić information content (AvgIpc) is 2.82. The molecule has 3 aliphatic carbocycles. The first kappa shape index (κ1) is 11.8. The Kier molecular flexibility index (Phi) is 2.63. The molecule has 0 radical (unpaired) electrons. The number of phenols is 1. The highest BCUT2D eigenvalue weighted by molar-refractivity contribution is 5.35. The fraction of sp³-hybridized carbons (Fsp3) is 0.647. The van der Waals surface area contributed by atoms with Crippen molar-refractivity contribution in [1.82, 2.24) is 5.32 Å². The van der Waals surface area contributed by atoms with Gasteiger partial charge in [-0.15, -0.1) is 0 Å². The fourth-order valence-corrected chi connectivity index (χ4v) is 4.99. The highest BCUT2D eigenvalue weighted by Crippen LogP contribution is 2.66. The first-order valence-corrected chi connectivity index (χ1v) is 7.83. The molecular formula is C17H23NO. The summed E-state index contributed by atoms with van der Waals surface area (Å²) in [6, 6.07) is 8.83. The largest absolute Gasteiger partial charge is 0.508 e. The zero-order chi connectivity index (χ0) is 13.0. The van der Waals surface area contributed by atoms with E-state index in [0.29, 0.717) is 11.8 Å². The Hall–Kier alpha value is -1.02. The van der Waals surface area contributed by atoms with Crippen molar-refractivity contribution in [3.05, 3.63) is 29.8 Å². The van der Waals surface area contributed by atoms with Crippen LogP contribution >= 0.6 is 0 Å². The number of nitrogens with one attached hydrogen (secondary N) is 1. The third kappa shape index (κ3) is 1.73. The molecule has 1 aromatic rings. The summed E-state index contributed by atoms with van der Waals surface area (Å²) in [4.78, 5) is 0. The quantitative estimate of drug-likeness (QED) is 0.865. The second-order valence-electron chi connectivity index (χ2n) is 6.70. The summed E-state index contributed by atoms with van der Waals surface area (Å²) in [6.07, 6.45) is 5.48. The standard InChI is InChI=1S/C17H23NO/c1-2-13(12-5-3-4-6-14(12)19)18-17-15-10-7-8-11(9-10)16(15)17/h3-6,10-11,13,15-19H,2,7-9H2,1H3. The topological polar surface area (TPSA) is 32.3 Å². The minimum absolute atomic E-state index is 0.316. The van der Waals surface area contributed by atoms with Crippen LogP contribution in [0.3, 0.4) is 0 Å². The maximum Gasteiger partial charge on any atom is 0.120 e. The maximum atomic E-state index is 10.0. The lowest BCUT2D eigenvalue weighted by Gasteiger charge is -2.21. The summed E-state index contributed by atoms with van der Waals surface area (Å²) >= 11 is 0. The van der Waals surface area contributed by atoms with Crippen molar-refractivity contribution in [1.29, 1.82) is 0 Å². The SMILES string of the molecule is CCC(NC1C2C3CCC(C3)C12)c1ccccc1O. The molecule has 3 fully saturated rings. The van der Waals surface area contributed by atoms with Crippen molar-refractivity contribution in [2.45, 2.75) is 44.7 Å². The predicted octanol–water partition coefficient (Wildman–Crippen LogP) is 3.48. The van der Waals surface area contributed by atoms with Crippen LogP contribution in [0.25, 0.3) is 0 Å². The molecule has 0 saturated heterocycles. The third-order valence-corrected chi connectivity index (χ3v) is 5.85. The van der Waals surface area contributed by atoms with E-state index in [0.717, 1.165) is 41.7 Å². The number of para-hydroxylation sites is 1. The van der Waals surface area contributed by atoms with Crippen LogP contribution in [0.4, 0.5) is 0 Å². The van der Waals surface area contributed by atoms with Gasteiger partial charge in [0.15, 0.2) is 0 Å².